The molecule has 0 heterocycles. The lowest BCUT2D eigenvalue weighted by molar-refractivity contribution is 0.372. The molecular formula is C15H25N. The minimum atomic E-state index is 0.370. The third-order valence-electron chi connectivity index (χ3n) is 2.81. The van der Waals surface area contributed by atoms with Crippen LogP contribution in [0, 0.1) is 5.41 Å². The van der Waals surface area contributed by atoms with E-state index in [1.165, 1.54) is 12.0 Å². The summed E-state index contributed by atoms with van der Waals surface area (Å²) in [7, 11) is 0. The average molecular weight is 219 g/mol. The molecule has 1 heteroatoms. The van der Waals surface area contributed by atoms with Crippen LogP contribution in [0.5, 0.6) is 0 Å². The summed E-state index contributed by atoms with van der Waals surface area (Å²) in [6, 6.07) is 10.8. The Kier molecular flexibility index (Phi) is 5.01. The zero-order chi connectivity index (χ0) is 12.0. The average Bonchev–Trinajstić information content (AvgIpc) is 2.24. The number of benzene rings is 1. The normalized spacial score (nSPS) is 13.8. The summed E-state index contributed by atoms with van der Waals surface area (Å²) in [6.45, 7) is 11.2. The molecule has 0 aliphatic heterocycles. The van der Waals surface area contributed by atoms with Crippen LogP contribution in [0.1, 0.15) is 45.6 Å². The van der Waals surface area contributed by atoms with Crippen LogP contribution < -0.4 is 5.32 Å². The van der Waals surface area contributed by atoms with Crippen LogP contribution in [0.15, 0.2) is 30.3 Å². The molecule has 1 nitrogen and oxygen atoms in total. The van der Waals surface area contributed by atoms with Gasteiger partial charge >= 0.3 is 0 Å². The first-order valence-corrected chi connectivity index (χ1v) is 6.28. The number of hydrogen-bond acceptors (Lipinski definition) is 1. The number of nitrogens with one attached hydrogen (secondary N) is 1. The highest BCUT2D eigenvalue weighted by molar-refractivity contribution is 5.19. The van der Waals surface area contributed by atoms with Crippen molar-refractivity contribution in [3.63, 3.8) is 0 Å². The lowest BCUT2D eigenvalue weighted by Crippen LogP contribution is -2.30. The van der Waals surface area contributed by atoms with Crippen LogP contribution in [0.2, 0.25) is 0 Å². The highest BCUT2D eigenvalue weighted by Gasteiger charge is 2.12. The molecule has 1 rings (SSSR count). The standard InChI is InChI=1S/C15H25N/c1-5-13(11-16-12-15(2,3)4)14-9-7-6-8-10-14/h6-10,13,16H,5,11-12H2,1-4H3. The number of rotatable bonds is 5. The smallest absolute Gasteiger partial charge is 0.00202 e. The topological polar surface area (TPSA) is 12.0 Å². The quantitative estimate of drug-likeness (QED) is 0.794. The summed E-state index contributed by atoms with van der Waals surface area (Å²) < 4.78 is 0. The highest BCUT2D eigenvalue weighted by atomic mass is 14.9. The fourth-order valence-electron chi connectivity index (χ4n) is 1.84. The maximum Gasteiger partial charge on any atom is 0.00202 e. The van der Waals surface area contributed by atoms with Gasteiger partial charge in [-0.25, -0.2) is 0 Å². The molecule has 0 saturated carbocycles. The van der Waals surface area contributed by atoms with Crippen molar-refractivity contribution in [2.24, 2.45) is 5.41 Å². The van der Waals surface area contributed by atoms with Crippen molar-refractivity contribution in [1.29, 1.82) is 0 Å². The molecule has 90 valence electrons. The van der Waals surface area contributed by atoms with Gasteiger partial charge in [0.2, 0.25) is 0 Å². The lowest BCUT2D eigenvalue weighted by atomic mass is 9.94. The molecule has 0 spiro atoms. The maximum absolute atomic E-state index is 3.57. The number of hydrogen-bond donors (Lipinski definition) is 1. The van der Waals surface area contributed by atoms with E-state index in [9.17, 15) is 0 Å². The Morgan fingerprint density at radius 3 is 2.25 bits per heavy atom. The lowest BCUT2D eigenvalue weighted by Gasteiger charge is -2.22. The van der Waals surface area contributed by atoms with E-state index in [1.807, 2.05) is 0 Å². The van der Waals surface area contributed by atoms with Gasteiger partial charge in [0.05, 0.1) is 0 Å². The zero-order valence-corrected chi connectivity index (χ0v) is 11.1. The van der Waals surface area contributed by atoms with Gasteiger partial charge in [-0.15, -0.1) is 0 Å². The summed E-state index contributed by atoms with van der Waals surface area (Å²) in [4.78, 5) is 0. The van der Waals surface area contributed by atoms with E-state index in [2.05, 4.69) is 63.3 Å². The van der Waals surface area contributed by atoms with Crippen molar-refractivity contribution in [3.05, 3.63) is 35.9 Å². The summed E-state index contributed by atoms with van der Waals surface area (Å²) in [5.74, 6) is 0.642. The third-order valence-corrected chi connectivity index (χ3v) is 2.81. The van der Waals surface area contributed by atoms with Gasteiger partial charge in [-0.3, -0.25) is 0 Å². The molecule has 0 bridgehead atoms. The van der Waals surface area contributed by atoms with Gasteiger partial charge in [0.1, 0.15) is 0 Å². The largest absolute Gasteiger partial charge is 0.316 e. The monoisotopic (exact) mass is 219 g/mol. The minimum absolute atomic E-state index is 0.370. The molecule has 16 heavy (non-hydrogen) atoms. The Balaban J connectivity index is 2.45. The second-order valence-corrected chi connectivity index (χ2v) is 5.71. The molecule has 0 aromatic heterocycles. The Morgan fingerprint density at radius 1 is 1.12 bits per heavy atom. The molecule has 0 saturated heterocycles. The molecule has 1 unspecified atom stereocenters. The first-order chi connectivity index (χ1) is 7.53. The fraction of sp³-hybridized carbons (Fsp3) is 0.600. The molecule has 0 fully saturated rings. The van der Waals surface area contributed by atoms with E-state index in [-0.39, 0.29) is 0 Å². The van der Waals surface area contributed by atoms with Gasteiger partial charge in [-0.1, -0.05) is 58.0 Å². The van der Waals surface area contributed by atoms with E-state index in [4.69, 9.17) is 0 Å². The minimum Gasteiger partial charge on any atom is -0.316 e. The van der Waals surface area contributed by atoms with Gasteiger partial charge in [0, 0.05) is 13.1 Å². The molecule has 0 amide bonds. The van der Waals surface area contributed by atoms with Crippen molar-refractivity contribution in [1.82, 2.24) is 5.32 Å². The van der Waals surface area contributed by atoms with E-state index in [0.29, 0.717) is 11.3 Å². The Labute approximate surface area is 100 Å². The Morgan fingerprint density at radius 2 is 1.75 bits per heavy atom. The van der Waals surface area contributed by atoms with E-state index in [0.717, 1.165) is 13.1 Å². The predicted molar refractivity (Wildman–Crippen MR) is 71.8 cm³/mol. The predicted octanol–water partition coefficient (Wildman–Crippen LogP) is 3.82. The molecular weight excluding hydrogens is 194 g/mol. The molecule has 1 N–H and O–H groups in total. The SMILES string of the molecule is CCC(CNCC(C)(C)C)c1ccccc1. The van der Waals surface area contributed by atoms with E-state index >= 15 is 0 Å². The molecule has 1 aromatic carbocycles. The first-order valence-electron chi connectivity index (χ1n) is 6.28. The highest BCUT2D eigenvalue weighted by Crippen LogP contribution is 2.18. The van der Waals surface area contributed by atoms with Crippen molar-refractivity contribution in [3.8, 4) is 0 Å². The second kappa shape index (κ2) is 6.05. The molecule has 0 aliphatic rings. The van der Waals surface area contributed by atoms with Crippen LogP contribution in [0.4, 0.5) is 0 Å². The summed E-state index contributed by atoms with van der Waals surface area (Å²) in [5.41, 5.74) is 1.82. The molecule has 0 radical (unpaired) electrons. The fourth-order valence-corrected chi connectivity index (χ4v) is 1.84. The summed E-state index contributed by atoms with van der Waals surface area (Å²) in [5, 5.41) is 3.57. The van der Waals surface area contributed by atoms with Crippen molar-refractivity contribution >= 4 is 0 Å². The van der Waals surface area contributed by atoms with Gasteiger partial charge in [-0.2, -0.15) is 0 Å². The van der Waals surface area contributed by atoms with Crippen molar-refractivity contribution in [2.75, 3.05) is 13.1 Å². The van der Waals surface area contributed by atoms with Crippen LogP contribution in [-0.2, 0) is 0 Å². The summed E-state index contributed by atoms with van der Waals surface area (Å²) >= 11 is 0. The van der Waals surface area contributed by atoms with Crippen molar-refractivity contribution in [2.45, 2.75) is 40.0 Å². The Hall–Kier alpha value is -0.820. The van der Waals surface area contributed by atoms with Crippen LogP contribution in [-0.4, -0.2) is 13.1 Å². The molecule has 1 atom stereocenters. The Bertz CT molecular complexity index is 284. The van der Waals surface area contributed by atoms with Gasteiger partial charge < -0.3 is 5.32 Å². The van der Waals surface area contributed by atoms with Gasteiger partial charge in [-0.05, 0) is 23.3 Å². The van der Waals surface area contributed by atoms with Crippen molar-refractivity contribution < 1.29 is 0 Å². The molecule has 0 aliphatic carbocycles. The van der Waals surface area contributed by atoms with Gasteiger partial charge in [0.15, 0.2) is 0 Å². The maximum atomic E-state index is 3.57. The second-order valence-electron chi connectivity index (χ2n) is 5.71. The molecule has 1 aromatic rings. The van der Waals surface area contributed by atoms with E-state index in [1.54, 1.807) is 0 Å². The van der Waals surface area contributed by atoms with E-state index < -0.39 is 0 Å². The zero-order valence-electron chi connectivity index (χ0n) is 11.1. The summed E-state index contributed by atoms with van der Waals surface area (Å²) in [6.07, 6.45) is 1.20. The van der Waals surface area contributed by atoms with Crippen LogP contribution in [0.25, 0.3) is 0 Å². The van der Waals surface area contributed by atoms with Crippen LogP contribution in [0.3, 0.4) is 0 Å². The third kappa shape index (κ3) is 4.80. The van der Waals surface area contributed by atoms with Gasteiger partial charge in [0.25, 0.3) is 0 Å². The van der Waals surface area contributed by atoms with Crippen LogP contribution >= 0.6 is 0 Å². The first kappa shape index (κ1) is 13.2.